The van der Waals surface area contributed by atoms with Crippen LogP contribution in [0.15, 0.2) is 48.5 Å². The lowest BCUT2D eigenvalue weighted by molar-refractivity contribution is -0.130. The maximum Gasteiger partial charge on any atom is 0.336 e. The zero-order chi connectivity index (χ0) is 14.5. The van der Waals surface area contributed by atoms with Crippen LogP contribution in [0.3, 0.4) is 0 Å². The molecule has 0 spiro atoms. The van der Waals surface area contributed by atoms with Gasteiger partial charge in [0.25, 0.3) is 0 Å². The summed E-state index contributed by atoms with van der Waals surface area (Å²) in [4.78, 5) is 11.5. The molecule has 3 nitrogen and oxygen atoms in total. The van der Waals surface area contributed by atoms with Gasteiger partial charge < -0.3 is 9.84 Å². The summed E-state index contributed by atoms with van der Waals surface area (Å²) in [6, 6.07) is 14.8. The van der Waals surface area contributed by atoms with Gasteiger partial charge >= 0.3 is 5.97 Å². The fourth-order valence-electron chi connectivity index (χ4n) is 1.99. The molecule has 0 aromatic heterocycles. The molecular formula is C17H16O3. The highest BCUT2D eigenvalue weighted by atomic mass is 16.5. The van der Waals surface area contributed by atoms with Crippen molar-refractivity contribution < 1.29 is 14.6 Å². The lowest BCUT2D eigenvalue weighted by Gasteiger charge is -2.06. The third-order valence-corrected chi connectivity index (χ3v) is 2.96. The van der Waals surface area contributed by atoms with E-state index in [2.05, 4.69) is 0 Å². The van der Waals surface area contributed by atoms with Crippen LogP contribution in [0.5, 0.6) is 5.75 Å². The van der Waals surface area contributed by atoms with Gasteiger partial charge in [0, 0.05) is 0 Å². The largest absolute Gasteiger partial charge is 0.497 e. The van der Waals surface area contributed by atoms with Crippen molar-refractivity contribution in [3.8, 4) is 5.75 Å². The number of methoxy groups -OCH3 is 1. The number of aliphatic carboxylic acids is 1. The van der Waals surface area contributed by atoms with Crippen LogP contribution in [0.4, 0.5) is 0 Å². The van der Waals surface area contributed by atoms with Crippen molar-refractivity contribution >= 4 is 17.6 Å². The maximum atomic E-state index is 11.5. The number of carbonyl (C=O) groups is 1. The Labute approximate surface area is 118 Å². The minimum atomic E-state index is -0.959. The van der Waals surface area contributed by atoms with Crippen LogP contribution in [0, 0.1) is 6.92 Å². The van der Waals surface area contributed by atoms with E-state index >= 15 is 0 Å². The summed E-state index contributed by atoms with van der Waals surface area (Å²) in [6.07, 6.45) is 1.67. The number of rotatable bonds is 4. The zero-order valence-electron chi connectivity index (χ0n) is 11.5. The van der Waals surface area contributed by atoms with E-state index < -0.39 is 5.97 Å². The van der Waals surface area contributed by atoms with Gasteiger partial charge in [0.2, 0.25) is 0 Å². The number of carboxylic acids is 1. The minimum Gasteiger partial charge on any atom is -0.497 e. The number of hydrogen-bond donors (Lipinski definition) is 1. The molecule has 0 fully saturated rings. The molecule has 0 aliphatic rings. The molecule has 1 N–H and O–H groups in total. The highest BCUT2D eigenvalue weighted by Gasteiger charge is 2.11. The maximum absolute atomic E-state index is 11.5. The standard InChI is InChI=1S/C17H16O3/c1-12-5-3-6-13(9-12)10-16(17(18)19)14-7-4-8-15(11-14)20-2/h3-11H,1-2H3,(H,18,19)/b16-10+. The Balaban J connectivity index is 2.48. The predicted octanol–water partition coefficient (Wildman–Crippen LogP) is 3.63. The van der Waals surface area contributed by atoms with Crippen LogP contribution in [-0.4, -0.2) is 18.2 Å². The van der Waals surface area contributed by atoms with Gasteiger partial charge in [-0.3, -0.25) is 0 Å². The van der Waals surface area contributed by atoms with Crippen LogP contribution >= 0.6 is 0 Å². The van der Waals surface area contributed by atoms with Gasteiger partial charge in [-0.05, 0) is 36.3 Å². The fraction of sp³-hybridized carbons (Fsp3) is 0.118. The van der Waals surface area contributed by atoms with Gasteiger partial charge in [0.1, 0.15) is 5.75 Å². The van der Waals surface area contributed by atoms with Crippen molar-refractivity contribution in [2.75, 3.05) is 7.11 Å². The number of benzene rings is 2. The van der Waals surface area contributed by atoms with Crippen molar-refractivity contribution in [3.63, 3.8) is 0 Å². The molecule has 3 heteroatoms. The molecule has 0 amide bonds. The molecule has 2 aromatic rings. The molecule has 0 saturated heterocycles. The normalized spacial score (nSPS) is 11.2. The van der Waals surface area contributed by atoms with Gasteiger partial charge in [-0.15, -0.1) is 0 Å². The molecule has 0 bridgehead atoms. The second kappa shape index (κ2) is 6.06. The van der Waals surface area contributed by atoms with Crippen LogP contribution in [0.25, 0.3) is 11.6 Å². The summed E-state index contributed by atoms with van der Waals surface area (Å²) in [5.74, 6) is -0.321. The molecule has 0 unspecified atom stereocenters. The molecule has 0 aliphatic heterocycles. The van der Waals surface area contributed by atoms with Gasteiger partial charge in [0.15, 0.2) is 0 Å². The highest BCUT2D eigenvalue weighted by Crippen LogP contribution is 2.23. The van der Waals surface area contributed by atoms with Crippen molar-refractivity contribution in [1.29, 1.82) is 0 Å². The van der Waals surface area contributed by atoms with E-state index in [9.17, 15) is 9.90 Å². The zero-order valence-corrected chi connectivity index (χ0v) is 11.5. The lowest BCUT2D eigenvalue weighted by Crippen LogP contribution is -2.00. The summed E-state index contributed by atoms with van der Waals surface area (Å²) < 4.78 is 5.13. The number of hydrogen-bond acceptors (Lipinski definition) is 2. The average Bonchev–Trinajstić information content (AvgIpc) is 2.44. The Morgan fingerprint density at radius 3 is 2.55 bits per heavy atom. The summed E-state index contributed by atoms with van der Waals surface area (Å²) in [5, 5.41) is 9.41. The summed E-state index contributed by atoms with van der Waals surface area (Å²) in [7, 11) is 1.56. The highest BCUT2D eigenvalue weighted by molar-refractivity contribution is 6.20. The van der Waals surface area contributed by atoms with E-state index in [1.165, 1.54) is 0 Å². The Bertz CT molecular complexity index is 657. The van der Waals surface area contributed by atoms with Crippen LogP contribution in [0.1, 0.15) is 16.7 Å². The number of aryl methyl sites for hydroxylation is 1. The van der Waals surface area contributed by atoms with Crippen molar-refractivity contribution in [2.45, 2.75) is 6.92 Å². The smallest absolute Gasteiger partial charge is 0.336 e. The van der Waals surface area contributed by atoms with Crippen LogP contribution in [-0.2, 0) is 4.79 Å². The third-order valence-electron chi connectivity index (χ3n) is 2.96. The van der Waals surface area contributed by atoms with Gasteiger partial charge in [-0.1, -0.05) is 42.0 Å². The molecule has 0 saturated carbocycles. The predicted molar refractivity (Wildman–Crippen MR) is 79.7 cm³/mol. The molecule has 2 aromatic carbocycles. The second-order valence-corrected chi connectivity index (χ2v) is 4.51. The van der Waals surface area contributed by atoms with Gasteiger partial charge in [0.05, 0.1) is 12.7 Å². The Hall–Kier alpha value is -2.55. The summed E-state index contributed by atoms with van der Waals surface area (Å²) in [5.41, 5.74) is 2.83. The number of ether oxygens (including phenoxy) is 1. The quantitative estimate of drug-likeness (QED) is 0.680. The molecule has 0 aliphatic carbocycles. The Morgan fingerprint density at radius 1 is 1.15 bits per heavy atom. The van der Waals surface area contributed by atoms with E-state index in [1.807, 2.05) is 31.2 Å². The number of carboxylic acid groups (broad SMARTS) is 1. The Kier molecular flexibility index (Phi) is 4.20. The van der Waals surface area contributed by atoms with E-state index in [0.717, 1.165) is 11.1 Å². The molecule has 20 heavy (non-hydrogen) atoms. The van der Waals surface area contributed by atoms with Gasteiger partial charge in [-0.25, -0.2) is 4.79 Å². The van der Waals surface area contributed by atoms with E-state index in [1.54, 1.807) is 37.5 Å². The van der Waals surface area contributed by atoms with E-state index in [4.69, 9.17) is 4.74 Å². The van der Waals surface area contributed by atoms with Crippen molar-refractivity contribution in [2.24, 2.45) is 0 Å². The molecule has 102 valence electrons. The monoisotopic (exact) mass is 268 g/mol. The Morgan fingerprint density at radius 2 is 1.90 bits per heavy atom. The summed E-state index contributed by atoms with van der Waals surface area (Å²) in [6.45, 7) is 1.98. The average molecular weight is 268 g/mol. The van der Waals surface area contributed by atoms with Crippen molar-refractivity contribution in [3.05, 3.63) is 65.2 Å². The molecule has 0 atom stereocenters. The first-order chi connectivity index (χ1) is 9.60. The first kappa shape index (κ1) is 13.9. The first-order valence-corrected chi connectivity index (χ1v) is 6.26. The van der Waals surface area contributed by atoms with Crippen molar-refractivity contribution in [1.82, 2.24) is 0 Å². The van der Waals surface area contributed by atoms with Crippen LogP contribution in [0.2, 0.25) is 0 Å². The molecule has 0 heterocycles. The fourth-order valence-corrected chi connectivity index (χ4v) is 1.99. The van der Waals surface area contributed by atoms with Crippen LogP contribution < -0.4 is 4.74 Å². The van der Waals surface area contributed by atoms with E-state index in [-0.39, 0.29) is 5.57 Å². The molecule has 2 rings (SSSR count). The van der Waals surface area contributed by atoms with Gasteiger partial charge in [-0.2, -0.15) is 0 Å². The first-order valence-electron chi connectivity index (χ1n) is 6.26. The van der Waals surface area contributed by atoms with E-state index in [0.29, 0.717) is 11.3 Å². The second-order valence-electron chi connectivity index (χ2n) is 4.51. The topological polar surface area (TPSA) is 46.5 Å². The summed E-state index contributed by atoms with van der Waals surface area (Å²) >= 11 is 0. The third kappa shape index (κ3) is 3.26. The SMILES string of the molecule is COc1cccc(/C(=C\c2cccc(C)c2)C(=O)O)c1. The molecular weight excluding hydrogens is 252 g/mol. The lowest BCUT2D eigenvalue weighted by atomic mass is 10.0. The minimum absolute atomic E-state index is 0.245. The molecule has 0 radical (unpaired) electrons.